The Morgan fingerprint density at radius 3 is 1.88 bits per heavy atom. The Morgan fingerprint density at radius 1 is 0.769 bits per heavy atom. The van der Waals surface area contributed by atoms with Crippen LogP contribution in [-0.4, -0.2) is 14.2 Å². The van der Waals surface area contributed by atoms with Crippen molar-refractivity contribution in [2.45, 2.75) is 4.90 Å². The van der Waals surface area contributed by atoms with Gasteiger partial charge in [-0.1, -0.05) is 60.7 Å². The molecule has 0 aliphatic carbocycles. The van der Waals surface area contributed by atoms with Crippen molar-refractivity contribution in [1.29, 1.82) is 0 Å². The van der Waals surface area contributed by atoms with Crippen molar-refractivity contribution in [1.82, 2.24) is 0 Å². The Hall–Kier alpha value is -3.05. The molecule has 0 atom stereocenters. The van der Waals surface area contributed by atoms with E-state index in [1.54, 1.807) is 48.5 Å². The van der Waals surface area contributed by atoms with E-state index in [4.69, 9.17) is 0 Å². The molecule has 0 unspecified atom stereocenters. The van der Waals surface area contributed by atoms with Gasteiger partial charge in [-0.2, -0.15) is 0 Å². The molecule has 0 aromatic heterocycles. The molecule has 0 saturated carbocycles. The zero-order chi connectivity index (χ0) is 18.6. The van der Waals surface area contributed by atoms with Crippen LogP contribution in [-0.2, 0) is 9.84 Å². The number of carbonyl (C=O) groups is 1. The van der Waals surface area contributed by atoms with E-state index < -0.39 is 21.4 Å². The number of sulfone groups is 1. The van der Waals surface area contributed by atoms with Crippen molar-refractivity contribution >= 4 is 21.7 Å². The Balaban J connectivity index is 2.16. The lowest BCUT2D eigenvalue weighted by atomic mass is 10.1. The summed E-state index contributed by atoms with van der Waals surface area (Å²) in [5.74, 6) is -1.05. The fourth-order valence-electron chi connectivity index (χ4n) is 2.43. The lowest BCUT2D eigenvalue weighted by Crippen LogP contribution is -2.14. The van der Waals surface area contributed by atoms with Gasteiger partial charge in [0.2, 0.25) is 15.6 Å². The molecule has 130 valence electrons. The van der Waals surface area contributed by atoms with Gasteiger partial charge in [0.25, 0.3) is 0 Å². The summed E-state index contributed by atoms with van der Waals surface area (Å²) in [4.78, 5) is 12.6. The molecule has 0 saturated heterocycles. The number of halogens is 1. The second kappa shape index (κ2) is 7.45. The number of Topliss-reactive ketones (excluding diaryl/α,β-unsaturated/α-hetero) is 1. The van der Waals surface area contributed by atoms with Crippen LogP contribution in [0.2, 0.25) is 0 Å². The zero-order valence-corrected chi connectivity index (χ0v) is 14.5. The highest BCUT2D eigenvalue weighted by Gasteiger charge is 2.27. The van der Waals surface area contributed by atoms with Gasteiger partial charge in [0.15, 0.2) is 0 Å². The number of hydrogen-bond donors (Lipinski definition) is 0. The predicted octanol–water partition coefficient (Wildman–Crippen LogP) is 4.52. The minimum atomic E-state index is -4.04. The molecule has 0 N–H and O–H groups in total. The van der Waals surface area contributed by atoms with Crippen LogP contribution < -0.4 is 0 Å². The third-order valence-electron chi connectivity index (χ3n) is 3.77. The lowest BCUT2D eigenvalue weighted by Gasteiger charge is -2.09. The highest BCUT2D eigenvalue weighted by atomic mass is 32.2. The highest BCUT2D eigenvalue weighted by molar-refractivity contribution is 7.96. The molecule has 0 spiro atoms. The molecule has 26 heavy (non-hydrogen) atoms. The highest BCUT2D eigenvalue weighted by Crippen LogP contribution is 2.25. The third-order valence-corrected chi connectivity index (χ3v) is 5.55. The molecule has 3 aromatic rings. The lowest BCUT2D eigenvalue weighted by molar-refractivity contribution is 0.104. The summed E-state index contributed by atoms with van der Waals surface area (Å²) < 4.78 is 39.3. The first-order chi connectivity index (χ1) is 12.5. The second-order valence-corrected chi connectivity index (χ2v) is 7.49. The molecule has 0 fully saturated rings. The normalized spacial score (nSPS) is 12.0. The van der Waals surface area contributed by atoms with E-state index in [2.05, 4.69) is 0 Å². The molecule has 0 aliphatic rings. The van der Waals surface area contributed by atoms with Gasteiger partial charge < -0.3 is 0 Å². The first-order valence-corrected chi connectivity index (χ1v) is 9.34. The van der Waals surface area contributed by atoms with Gasteiger partial charge in [-0.25, -0.2) is 12.8 Å². The molecular formula is C21H15FO3S. The predicted molar refractivity (Wildman–Crippen MR) is 98.8 cm³/mol. The quantitative estimate of drug-likeness (QED) is 0.493. The van der Waals surface area contributed by atoms with Crippen LogP contribution in [0, 0.1) is 5.82 Å². The number of hydrogen-bond acceptors (Lipinski definition) is 3. The molecule has 0 amide bonds. The summed E-state index contributed by atoms with van der Waals surface area (Å²) in [6, 6.07) is 21.2. The molecule has 3 aromatic carbocycles. The molecule has 0 bridgehead atoms. The molecule has 0 radical (unpaired) electrons. The number of allylic oxidation sites excluding steroid dienone is 1. The largest absolute Gasteiger partial charge is 0.288 e. The maximum Gasteiger partial charge on any atom is 0.210 e. The van der Waals surface area contributed by atoms with Crippen LogP contribution in [0.3, 0.4) is 0 Å². The van der Waals surface area contributed by atoms with E-state index >= 15 is 0 Å². The monoisotopic (exact) mass is 366 g/mol. The average Bonchev–Trinajstić information content (AvgIpc) is 2.68. The zero-order valence-electron chi connectivity index (χ0n) is 13.7. The number of carbonyl (C=O) groups excluding carboxylic acids is 1. The van der Waals surface area contributed by atoms with Crippen molar-refractivity contribution in [2.24, 2.45) is 0 Å². The topological polar surface area (TPSA) is 51.2 Å². The van der Waals surface area contributed by atoms with Crippen molar-refractivity contribution in [2.75, 3.05) is 0 Å². The Labute approximate surface area is 151 Å². The van der Waals surface area contributed by atoms with Crippen molar-refractivity contribution in [3.63, 3.8) is 0 Å². The van der Waals surface area contributed by atoms with E-state index in [0.29, 0.717) is 5.56 Å². The van der Waals surface area contributed by atoms with Crippen molar-refractivity contribution in [3.8, 4) is 0 Å². The summed E-state index contributed by atoms with van der Waals surface area (Å²) in [5, 5.41) is 0. The summed E-state index contributed by atoms with van der Waals surface area (Å²) >= 11 is 0. The SMILES string of the molecule is O=C(/C(=C/c1ccc(F)cc1)S(=O)(=O)c1ccccc1)c1ccccc1. The van der Waals surface area contributed by atoms with E-state index in [0.717, 1.165) is 0 Å². The smallest absolute Gasteiger partial charge is 0.210 e. The van der Waals surface area contributed by atoms with Gasteiger partial charge in [0, 0.05) is 5.56 Å². The fourth-order valence-corrected chi connectivity index (χ4v) is 3.86. The number of benzene rings is 3. The van der Waals surface area contributed by atoms with Crippen LogP contribution in [0.5, 0.6) is 0 Å². The minimum absolute atomic E-state index is 0.0256. The Morgan fingerprint density at radius 2 is 1.31 bits per heavy atom. The molecule has 5 heteroatoms. The Kier molecular flexibility index (Phi) is 5.09. The molecular weight excluding hydrogens is 351 g/mol. The van der Waals surface area contributed by atoms with Crippen LogP contribution >= 0.6 is 0 Å². The summed E-state index contributed by atoms with van der Waals surface area (Å²) in [6.45, 7) is 0. The van der Waals surface area contributed by atoms with Gasteiger partial charge in [0.1, 0.15) is 10.7 Å². The van der Waals surface area contributed by atoms with E-state index in [1.807, 2.05) is 0 Å². The number of ketones is 1. The van der Waals surface area contributed by atoms with Crippen LogP contribution in [0.15, 0.2) is 94.7 Å². The molecule has 3 nitrogen and oxygen atoms in total. The Bertz CT molecular complexity index is 1040. The molecule has 3 rings (SSSR count). The maximum absolute atomic E-state index is 13.1. The first kappa shape index (κ1) is 17.8. The fraction of sp³-hybridized carbons (Fsp3) is 0. The molecule has 0 aliphatic heterocycles. The van der Waals surface area contributed by atoms with Gasteiger partial charge >= 0.3 is 0 Å². The first-order valence-electron chi connectivity index (χ1n) is 7.85. The van der Waals surface area contributed by atoms with E-state index in [9.17, 15) is 17.6 Å². The van der Waals surface area contributed by atoms with E-state index in [-0.39, 0.29) is 15.4 Å². The van der Waals surface area contributed by atoms with Gasteiger partial charge in [-0.3, -0.25) is 4.79 Å². The third kappa shape index (κ3) is 3.78. The average molecular weight is 366 g/mol. The van der Waals surface area contributed by atoms with Gasteiger partial charge in [-0.05, 0) is 35.9 Å². The van der Waals surface area contributed by atoms with Gasteiger partial charge in [-0.15, -0.1) is 0 Å². The van der Waals surface area contributed by atoms with Crippen LogP contribution in [0.25, 0.3) is 6.08 Å². The standard InChI is InChI=1S/C21H15FO3S/c22-18-13-11-16(12-14-18)15-20(21(23)17-7-3-1-4-8-17)26(24,25)19-9-5-2-6-10-19/h1-15H/b20-15-. The van der Waals surface area contributed by atoms with Crippen LogP contribution in [0.1, 0.15) is 15.9 Å². The summed E-state index contributed by atoms with van der Waals surface area (Å²) in [7, 11) is -4.04. The second-order valence-electron chi connectivity index (χ2n) is 5.57. The van der Waals surface area contributed by atoms with Crippen LogP contribution in [0.4, 0.5) is 4.39 Å². The van der Waals surface area contributed by atoms with Crippen molar-refractivity contribution in [3.05, 3.63) is 107 Å². The van der Waals surface area contributed by atoms with Gasteiger partial charge in [0.05, 0.1) is 4.90 Å². The number of rotatable bonds is 5. The molecule has 0 heterocycles. The van der Waals surface area contributed by atoms with Crippen molar-refractivity contribution < 1.29 is 17.6 Å². The van der Waals surface area contributed by atoms with E-state index in [1.165, 1.54) is 42.5 Å². The minimum Gasteiger partial charge on any atom is -0.288 e. The maximum atomic E-state index is 13.1. The summed E-state index contributed by atoms with van der Waals surface area (Å²) in [6.07, 6.45) is 1.27. The summed E-state index contributed by atoms with van der Waals surface area (Å²) in [5.41, 5.74) is 0.686.